The van der Waals surface area contributed by atoms with Crippen LogP contribution in [0, 0.1) is 0 Å². The monoisotopic (exact) mass is 439 g/mol. The Kier molecular flexibility index (Phi) is 4.57. The molecule has 0 saturated carbocycles. The summed E-state index contributed by atoms with van der Waals surface area (Å²) in [5.41, 5.74) is 1.94. The second-order valence-electron chi connectivity index (χ2n) is 7.82. The maximum atomic E-state index is 6.29. The molecule has 0 amide bonds. The molecule has 0 spiro atoms. The lowest BCUT2D eigenvalue weighted by molar-refractivity contribution is 0.174. The molecule has 0 atom stereocenters. The molecule has 0 aliphatic carbocycles. The molecule has 2 heterocycles. The van der Waals surface area contributed by atoms with Gasteiger partial charge in [-0.25, -0.2) is 0 Å². The third-order valence-electron chi connectivity index (χ3n) is 5.99. The number of ether oxygens (including phenoxy) is 5. The number of aromatic nitrogens is 1. The molecule has 6 rings (SSSR count). The number of nitrogens with zero attached hydrogens (tertiary/aromatic N) is 1. The van der Waals surface area contributed by atoms with Crippen LogP contribution in [0.3, 0.4) is 0 Å². The van der Waals surface area contributed by atoms with E-state index in [4.69, 9.17) is 28.7 Å². The van der Waals surface area contributed by atoms with Gasteiger partial charge in [0.1, 0.15) is 6.61 Å². The summed E-state index contributed by atoms with van der Waals surface area (Å²) < 4.78 is 28.8. The van der Waals surface area contributed by atoms with Crippen LogP contribution in [-0.2, 0) is 6.61 Å². The second-order valence-corrected chi connectivity index (χ2v) is 7.82. The largest absolute Gasteiger partial charge is 0.493 e. The van der Waals surface area contributed by atoms with Gasteiger partial charge >= 0.3 is 0 Å². The lowest BCUT2D eigenvalue weighted by Gasteiger charge is -2.18. The van der Waals surface area contributed by atoms with Crippen molar-refractivity contribution in [2.45, 2.75) is 6.61 Å². The summed E-state index contributed by atoms with van der Waals surface area (Å²) >= 11 is 0. The molecule has 164 valence electrons. The van der Waals surface area contributed by atoms with Gasteiger partial charge in [0, 0.05) is 27.7 Å². The highest BCUT2D eigenvalue weighted by atomic mass is 16.7. The van der Waals surface area contributed by atoms with Crippen molar-refractivity contribution in [3.05, 3.63) is 72.4 Å². The second kappa shape index (κ2) is 7.74. The Balaban J connectivity index is 1.58. The zero-order valence-electron chi connectivity index (χ0n) is 18.3. The maximum absolute atomic E-state index is 6.29. The Morgan fingerprint density at radius 2 is 1.61 bits per heavy atom. The lowest BCUT2D eigenvalue weighted by atomic mass is 10.00. The van der Waals surface area contributed by atoms with Gasteiger partial charge in [-0.1, -0.05) is 42.5 Å². The average molecular weight is 439 g/mol. The highest BCUT2D eigenvalue weighted by Crippen LogP contribution is 2.46. The predicted octanol–water partition coefficient (Wildman–Crippen LogP) is 5.87. The number of fused-ring (bicyclic) bond motifs is 6. The zero-order valence-corrected chi connectivity index (χ0v) is 18.3. The van der Waals surface area contributed by atoms with Crippen LogP contribution >= 0.6 is 0 Å². The summed E-state index contributed by atoms with van der Waals surface area (Å²) in [5.74, 6) is 3.25. The number of rotatable bonds is 5. The van der Waals surface area contributed by atoms with E-state index in [1.165, 1.54) is 0 Å². The summed E-state index contributed by atoms with van der Waals surface area (Å²) in [6.07, 6.45) is 1.84. The van der Waals surface area contributed by atoms with E-state index in [0.717, 1.165) is 49.5 Å². The van der Waals surface area contributed by atoms with E-state index in [1.807, 2.05) is 54.7 Å². The number of benzene rings is 4. The van der Waals surface area contributed by atoms with Crippen molar-refractivity contribution in [2.24, 2.45) is 0 Å². The van der Waals surface area contributed by atoms with E-state index in [2.05, 4.69) is 12.1 Å². The molecule has 1 aliphatic rings. The van der Waals surface area contributed by atoms with Crippen LogP contribution in [0.4, 0.5) is 0 Å². The van der Waals surface area contributed by atoms with Gasteiger partial charge in [0.2, 0.25) is 12.5 Å². The summed E-state index contributed by atoms with van der Waals surface area (Å²) in [5, 5.41) is 4.86. The number of pyridine rings is 1. The third kappa shape index (κ3) is 3.14. The van der Waals surface area contributed by atoms with Crippen LogP contribution in [-0.4, -0.2) is 26.0 Å². The fourth-order valence-electron chi connectivity index (χ4n) is 4.38. The van der Waals surface area contributed by atoms with Crippen LogP contribution in [0.5, 0.6) is 28.7 Å². The fourth-order valence-corrected chi connectivity index (χ4v) is 4.38. The Morgan fingerprint density at radius 1 is 0.788 bits per heavy atom. The van der Waals surface area contributed by atoms with Crippen molar-refractivity contribution >= 4 is 32.4 Å². The van der Waals surface area contributed by atoms with Crippen LogP contribution in [0.15, 0.2) is 66.9 Å². The van der Waals surface area contributed by atoms with Gasteiger partial charge in [0.05, 0.1) is 19.7 Å². The molecule has 0 unspecified atom stereocenters. The number of hydrogen-bond acceptors (Lipinski definition) is 6. The molecule has 0 fully saturated rings. The standard InChI is InChI=1S/C27H21NO5/c1-29-24-12-20-18-9-8-17-10-22-23(33-15-32-22)11-19(17)25(18)28-13-21(20)26(27(24)30-2)31-14-16-6-4-3-5-7-16/h3-13H,14-15H2,1-2H3. The van der Waals surface area contributed by atoms with Gasteiger partial charge in [-0.05, 0) is 29.1 Å². The summed E-state index contributed by atoms with van der Waals surface area (Å²) in [4.78, 5) is 4.84. The van der Waals surface area contributed by atoms with Crippen LogP contribution < -0.4 is 23.7 Å². The quantitative estimate of drug-likeness (QED) is 0.320. The van der Waals surface area contributed by atoms with Gasteiger partial charge < -0.3 is 23.7 Å². The van der Waals surface area contributed by atoms with Crippen molar-refractivity contribution in [3.8, 4) is 28.7 Å². The van der Waals surface area contributed by atoms with Gasteiger partial charge in [-0.2, -0.15) is 0 Å². The number of hydrogen-bond donors (Lipinski definition) is 0. The Hall–Kier alpha value is -4.19. The Bertz CT molecular complexity index is 1510. The van der Waals surface area contributed by atoms with Gasteiger partial charge in [0.25, 0.3) is 0 Å². The minimum absolute atomic E-state index is 0.235. The lowest BCUT2D eigenvalue weighted by Crippen LogP contribution is -2.01. The minimum atomic E-state index is 0.235. The highest BCUT2D eigenvalue weighted by molar-refractivity contribution is 6.17. The molecular formula is C27H21NO5. The molecule has 5 aromatic rings. The molecule has 0 bridgehead atoms. The molecular weight excluding hydrogens is 418 g/mol. The van der Waals surface area contributed by atoms with E-state index in [-0.39, 0.29) is 6.79 Å². The van der Waals surface area contributed by atoms with E-state index < -0.39 is 0 Å². The SMILES string of the molecule is COc1cc2c(cnc3c4cc5c(cc4ccc23)OCO5)c(OCc2ccccc2)c1OC. The van der Waals surface area contributed by atoms with E-state index >= 15 is 0 Å². The van der Waals surface area contributed by atoms with Gasteiger partial charge in [-0.3, -0.25) is 4.98 Å². The predicted molar refractivity (Wildman–Crippen MR) is 127 cm³/mol. The smallest absolute Gasteiger partial charge is 0.231 e. The zero-order chi connectivity index (χ0) is 22.4. The maximum Gasteiger partial charge on any atom is 0.231 e. The number of methoxy groups -OCH3 is 2. The van der Waals surface area contributed by atoms with Crippen LogP contribution in [0.25, 0.3) is 32.4 Å². The molecule has 1 aromatic heterocycles. The van der Waals surface area contributed by atoms with E-state index in [0.29, 0.717) is 23.9 Å². The summed E-state index contributed by atoms with van der Waals surface area (Å²) in [7, 11) is 3.24. The first kappa shape index (κ1) is 19.5. The molecule has 0 radical (unpaired) electrons. The van der Waals surface area contributed by atoms with E-state index in [9.17, 15) is 0 Å². The first-order valence-electron chi connectivity index (χ1n) is 10.6. The summed E-state index contributed by atoms with van der Waals surface area (Å²) in [6, 6.07) is 20.1. The normalized spacial score (nSPS) is 12.4. The van der Waals surface area contributed by atoms with Gasteiger partial charge in [-0.15, -0.1) is 0 Å². The molecule has 0 saturated heterocycles. The van der Waals surface area contributed by atoms with Crippen LogP contribution in [0.2, 0.25) is 0 Å². The topological polar surface area (TPSA) is 59.0 Å². The first-order chi connectivity index (χ1) is 16.3. The molecule has 0 N–H and O–H groups in total. The van der Waals surface area contributed by atoms with Crippen molar-refractivity contribution in [1.29, 1.82) is 0 Å². The molecule has 6 heteroatoms. The van der Waals surface area contributed by atoms with E-state index in [1.54, 1.807) is 14.2 Å². The average Bonchev–Trinajstić information content (AvgIpc) is 3.33. The minimum Gasteiger partial charge on any atom is -0.493 e. The fraction of sp³-hybridized carbons (Fsp3) is 0.148. The van der Waals surface area contributed by atoms with Crippen molar-refractivity contribution < 1.29 is 23.7 Å². The molecule has 1 aliphatic heterocycles. The summed E-state index contributed by atoms with van der Waals surface area (Å²) in [6.45, 7) is 0.637. The highest BCUT2D eigenvalue weighted by Gasteiger charge is 2.21. The van der Waals surface area contributed by atoms with Gasteiger partial charge in [0.15, 0.2) is 23.0 Å². The van der Waals surface area contributed by atoms with Crippen molar-refractivity contribution in [1.82, 2.24) is 4.98 Å². The molecule has 6 nitrogen and oxygen atoms in total. The molecule has 4 aromatic carbocycles. The Morgan fingerprint density at radius 3 is 2.39 bits per heavy atom. The Labute approximate surface area is 190 Å². The third-order valence-corrected chi connectivity index (χ3v) is 5.99. The van der Waals surface area contributed by atoms with Crippen molar-refractivity contribution in [3.63, 3.8) is 0 Å². The first-order valence-corrected chi connectivity index (χ1v) is 10.6. The molecule has 33 heavy (non-hydrogen) atoms. The van der Waals surface area contributed by atoms with Crippen molar-refractivity contribution in [2.75, 3.05) is 21.0 Å². The van der Waals surface area contributed by atoms with Crippen LogP contribution in [0.1, 0.15) is 5.56 Å².